The van der Waals surface area contributed by atoms with Gasteiger partial charge in [0.1, 0.15) is 17.3 Å². The Kier molecular flexibility index (Phi) is 7.78. The number of aliphatic hydroxyl groups excluding tert-OH is 3. The van der Waals surface area contributed by atoms with Gasteiger partial charge in [-0.15, -0.1) is 0 Å². The number of ether oxygens (including phenoxy) is 2. The maximum Gasteiger partial charge on any atom is 0.334 e. The van der Waals surface area contributed by atoms with Crippen LogP contribution in [0.3, 0.4) is 0 Å². The fraction of sp³-hybridized carbons (Fsp3) is 0.742. The fourth-order valence-corrected chi connectivity index (χ4v) is 8.29. The lowest BCUT2D eigenvalue weighted by molar-refractivity contribution is -0.224. The molecular weight excluding hydrogens is 500 g/mol. The Hall–Kier alpha value is -2.00. The second-order valence-corrected chi connectivity index (χ2v) is 12.9. The molecule has 39 heavy (non-hydrogen) atoms. The van der Waals surface area contributed by atoms with Gasteiger partial charge in [0.25, 0.3) is 0 Å². The van der Waals surface area contributed by atoms with Gasteiger partial charge in [-0.2, -0.15) is 0 Å². The highest BCUT2D eigenvalue weighted by molar-refractivity contribution is 5.88. The van der Waals surface area contributed by atoms with Gasteiger partial charge in [0, 0.05) is 29.2 Å². The molecule has 8 heteroatoms. The van der Waals surface area contributed by atoms with Crippen molar-refractivity contribution in [3.05, 3.63) is 34.9 Å². The molecule has 0 amide bonds. The number of unbranched alkanes of at least 4 members (excludes halogenated alkanes) is 2. The summed E-state index contributed by atoms with van der Waals surface area (Å²) in [5, 5.41) is 46.8. The van der Waals surface area contributed by atoms with Gasteiger partial charge in [0.2, 0.25) is 0 Å². The molecule has 4 aliphatic rings. The van der Waals surface area contributed by atoms with E-state index in [0.717, 1.165) is 19.3 Å². The molecule has 218 valence electrons. The van der Waals surface area contributed by atoms with Crippen LogP contribution in [0.5, 0.6) is 0 Å². The maximum absolute atomic E-state index is 13.0. The van der Waals surface area contributed by atoms with Crippen LogP contribution in [0.25, 0.3) is 0 Å². The molecule has 0 saturated heterocycles. The molecule has 0 heterocycles. The van der Waals surface area contributed by atoms with Crippen LogP contribution in [0.15, 0.2) is 34.9 Å². The van der Waals surface area contributed by atoms with E-state index in [4.69, 9.17) is 9.47 Å². The minimum atomic E-state index is -2.16. The average molecular weight is 547 g/mol. The molecule has 0 aromatic heterocycles. The first-order valence-corrected chi connectivity index (χ1v) is 14.4. The Morgan fingerprint density at radius 2 is 1.87 bits per heavy atom. The van der Waals surface area contributed by atoms with E-state index in [-0.39, 0.29) is 17.5 Å². The molecule has 2 saturated carbocycles. The molecule has 2 fully saturated rings. The van der Waals surface area contributed by atoms with Crippen LogP contribution in [-0.4, -0.2) is 68.5 Å². The molecule has 0 aliphatic heterocycles. The molecule has 4 aliphatic carbocycles. The van der Waals surface area contributed by atoms with Gasteiger partial charge in [-0.1, -0.05) is 58.8 Å². The Labute approximate surface area is 231 Å². The van der Waals surface area contributed by atoms with Gasteiger partial charge in [-0.3, -0.25) is 4.79 Å². The summed E-state index contributed by atoms with van der Waals surface area (Å²) in [5.74, 6) is -2.33. The van der Waals surface area contributed by atoms with Crippen LogP contribution in [0, 0.1) is 28.6 Å². The van der Waals surface area contributed by atoms with E-state index in [2.05, 4.69) is 6.92 Å². The van der Waals surface area contributed by atoms with Gasteiger partial charge in [0.15, 0.2) is 6.10 Å². The molecule has 4 N–H and O–H groups in total. The zero-order valence-corrected chi connectivity index (χ0v) is 24.4. The molecule has 2 bridgehead atoms. The van der Waals surface area contributed by atoms with E-state index < -0.39 is 64.8 Å². The number of carbonyl (C=O) groups excluding carboxylic acids is 2. The highest BCUT2D eigenvalue weighted by Gasteiger charge is 2.83. The summed E-state index contributed by atoms with van der Waals surface area (Å²) < 4.78 is 12.1. The standard InChI is InChI=1S/C31H46O8/c1-8-10-11-12-22(33)39-30-15-19(5)29-14-18(4)26(38-27(36)17(3)9-2)31(29,37)24(34)20(16-32)13-21(25(29)35)23(30)28(30,6)7/h9,13-14,19,21,23-26,32,34-35,37H,8,10-12,15-16H2,1-7H3/b17-9-/t19-,21+,23-,24-,25?,26+,29+,30+,31+/m1/s1. The molecule has 9 atom stereocenters. The molecule has 1 unspecified atom stereocenters. The minimum absolute atomic E-state index is 0.148. The van der Waals surface area contributed by atoms with Crippen molar-refractivity contribution in [2.75, 3.05) is 6.61 Å². The Bertz CT molecular complexity index is 1100. The zero-order valence-electron chi connectivity index (χ0n) is 24.4. The molecule has 4 rings (SSSR count). The van der Waals surface area contributed by atoms with E-state index in [1.165, 1.54) is 0 Å². The second kappa shape index (κ2) is 10.1. The Morgan fingerprint density at radius 3 is 2.46 bits per heavy atom. The Balaban J connectivity index is 1.84. The van der Waals surface area contributed by atoms with E-state index in [1.54, 1.807) is 39.0 Å². The highest BCUT2D eigenvalue weighted by atomic mass is 16.6. The van der Waals surface area contributed by atoms with Gasteiger partial charge in [0.05, 0.1) is 18.1 Å². The van der Waals surface area contributed by atoms with Crippen molar-refractivity contribution < 1.29 is 39.5 Å². The monoisotopic (exact) mass is 546 g/mol. The van der Waals surface area contributed by atoms with Gasteiger partial charge in [-0.05, 0) is 50.7 Å². The fourth-order valence-electron chi connectivity index (χ4n) is 8.29. The van der Waals surface area contributed by atoms with Crippen LogP contribution in [0.4, 0.5) is 0 Å². The summed E-state index contributed by atoms with van der Waals surface area (Å²) in [6, 6.07) is 0. The highest BCUT2D eigenvalue weighted by Crippen LogP contribution is 2.76. The van der Waals surface area contributed by atoms with E-state index in [0.29, 0.717) is 24.0 Å². The summed E-state index contributed by atoms with van der Waals surface area (Å²) in [7, 11) is 0. The number of fused-ring (bicyclic) bond motifs is 3. The van der Waals surface area contributed by atoms with Crippen molar-refractivity contribution in [1.82, 2.24) is 0 Å². The average Bonchev–Trinajstić information content (AvgIpc) is 3.28. The van der Waals surface area contributed by atoms with E-state index in [1.807, 2.05) is 20.8 Å². The van der Waals surface area contributed by atoms with Crippen molar-refractivity contribution in [3.63, 3.8) is 0 Å². The van der Waals surface area contributed by atoms with Crippen molar-refractivity contribution in [2.45, 2.75) is 110 Å². The topological polar surface area (TPSA) is 134 Å². The van der Waals surface area contributed by atoms with Crippen molar-refractivity contribution >= 4 is 11.9 Å². The first-order valence-electron chi connectivity index (χ1n) is 14.4. The van der Waals surface area contributed by atoms with E-state index >= 15 is 0 Å². The molecule has 0 aromatic carbocycles. The molecular formula is C31H46O8. The number of hydrogen-bond acceptors (Lipinski definition) is 8. The second-order valence-electron chi connectivity index (χ2n) is 12.9. The number of esters is 2. The maximum atomic E-state index is 13.0. The van der Waals surface area contributed by atoms with Crippen LogP contribution in [0.2, 0.25) is 0 Å². The molecule has 8 nitrogen and oxygen atoms in total. The lowest BCUT2D eigenvalue weighted by Gasteiger charge is -2.52. The third-order valence-electron chi connectivity index (χ3n) is 10.5. The third kappa shape index (κ3) is 4.00. The van der Waals surface area contributed by atoms with Crippen LogP contribution >= 0.6 is 0 Å². The first-order chi connectivity index (χ1) is 18.2. The quantitative estimate of drug-likeness (QED) is 0.158. The first kappa shape index (κ1) is 30.0. The summed E-state index contributed by atoms with van der Waals surface area (Å²) in [6.07, 6.45) is 4.28. The number of carbonyl (C=O) groups is 2. The van der Waals surface area contributed by atoms with Gasteiger partial charge < -0.3 is 29.9 Å². The van der Waals surface area contributed by atoms with Crippen LogP contribution in [0.1, 0.15) is 80.6 Å². The summed E-state index contributed by atoms with van der Waals surface area (Å²) in [6.45, 7) is 12.5. The van der Waals surface area contributed by atoms with Crippen LogP contribution < -0.4 is 0 Å². The van der Waals surface area contributed by atoms with E-state index in [9.17, 15) is 30.0 Å². The summed E-state index contributed by atoms with van der Waals surface area (Å²) >= 11 is 0. The summed E-state index contributed by atoms with van der Waals surface area (Å²) in [4.78, 5) is 25.9. The normalized spacial score (nSPS) is 42.3. The molecule has 0 radical (unpaired) electrons. The van der Waals surface area contributed by atoms with Crippen molar-refractivity contribution in [2.24, 2.45) is 28.6 Å². The largest absolute Gasteiger partial charge is 0.458 e. The van der Waals surface area contributed by atoms with Crippen molar-refractivity contribution in [3.8, 4) is 0 Å². The van der Waals surface area contributed by atoms with Gasteiger partial charge in [-0.25, -0.2) is 4.79 Å². The van der Waals surface area contributed by atoms with Gasteiger partial charge >= 0.3 is 11.9 Å². The molecule has 0 aromatic rings. The number of hydrogen-bond donors (Lipinski definition) is 4. The number of allylic oxidation sites excluding steroid dienone is 1. The number of aliphatic hydroxyl groups is 4. The minimum Gasteiger partial charge on any atom is -0.458 e. The predicted molar refractivity (Wildman–Crippen MR) is 145 cm³/mol. The lowest BCUT2D eigenvalue weighted by atomic mass is 9.58. The number of rotatable bonds is 8. The Morgan fingerprint density at radius 1 is 1.21 bits per heavy atom. The zero-order chi connectivity index (χ0) is 29.1. The lowest BCUT2D eigenvalue weighted by Crippen LogP contribution is -2.67. The van der Waals surface area contributed by atoms with Crippen molar-refractivity contribution in [1.29, 1.82) is 0 Å². The molecule has 1 spiro atoms. The predicted octanol–water partition coefficient (Wildman–Crippen LogP) is 3.37. The smallest absolute Gasteiger partial charge is 0.334 e. The third-order valence-corrected chi connectivity index (χ3v) is 10.5. The van der Waals surface area contributed by atoms with Crippen LogP contribution in [-0.2, 0) is 19.1 Å². The SMILES string of the molecule is C/C=C(/C)C(=O)O[C@H]1C(C)=C[C@]23C(O)[C@@H](C=C(CO)[C@@H](O)[C@]12O)[C@@H]1C(C)(C)[C@]1(OC(=O)CCCCC)C[C@H]3C. The summed E-state index contributed by atoms with van der Waals surface area (Å²) in [5.41, 5.74) is -3.95.